The molecule has 0 radical (unpaired) electrons. The zero-order chi connectivity index (χ0) is 21.6. The van der Waals surface area contributed by atoms with Crippen LogP contribution in [0.5, 0.6) is 5.75 Å². The molecule has 2 heterocycles. The van der Waals surface area contributed by atoms with Gasteiger partial charge in [0.1, 0.15) is 11.6 Å². The first-order chi connectivity index (χ1) is 15.1. The number of carbonyl (C=O) groups is 1. The summed E-state index contributed by atoms with van der Waals surface area (Å²) in [6, 6.07) is 18.0. The number of methoxy groups -OCH3 is 1. The minimum absolute atomic E-state index is 0.0481. The molecule has 0 saturated carbocycles. The second-order valence-electron chi connectivity index (χ2n) is 7.59. The van der Waals surface area contributed by atoms with E-state index in [0.29, 0.717) is 13.0 Å². The largest absolute Gasteiger partial charge is 0.497 e. The summed E-state index contributed by atoms with van der Waals surface area (Å²) in [7, 11) is 1.67. The predicted octanol–water partition coefficient (Wildman–Crippen LogP) is 3.89. The van der Waals surface area contributed by atoms with Gasteiger partial charge in [-0.05, 0) is 36.3 Å². The highest BCUT2D eigenvalue weighted by atomic mass is 32.1. The maximum absolute atomic E-state index is 12.7. The molecule has 160 valence electrons. The number of anilines is 1. The number of ether oxygens (including phenoxy) is 1. The molecule has 7 heteroatoms. The molecule has 0 spiro atoms. The summed E-state index contributed by atoms with van der Waals surface area (Å²) in [5.74, 6) is 1.70. The molecule has 0 N–H and O–H groups in total. The molecule has 31 heavy (non-hydrogen) atoms. The molecule has 1 amide bonds. The Kier molecular flexibility index (Phi) is 6.62. The third-order valence-corrected chi connectivity index (χ3v) is 6.17. The van der Waals surface area contributed by atoms with Crippen molar-refractivity contribution in [3.05, 3.63) is 77.6 Å². The van der Waals surface area contributed by atoms with E-state index in [1.165, 1.54) is 11.5 Å². The van der Waals surface area contributed by atoms with Crippen molar-refractivity contribution in [1.82, 2.24) is 14.3 Å². The van der Waals surface area contributed by atoms with Crippen LogP contribution < -0.4 is 9.64 Å². The first-order valence-corrected chi connectivity index (χ1v) is 11.1. The molecular weight excluding hydrogens is 408 g/mol. The molecule has 4 rings (SSSR count). The lowest BCUT2D eigenvalue weighted by molar-refractivity contribution is -0.128. The number of benzene rings is 2. The highest BCUT2D eigenvalue weighted by Gasteiger charge is 2.28. The number of nitrogens with zero attached hydrogens (tertiary/aromatic N) is 4. The van der Waals surface area contributed by atoms with E-state index in [1.807, 2.05) is 59.5 Å². The van der Waals surface area contributed by atoms with Crippen molar-refractivity contribution in [2.75, 3.05) is 31.6 Å². The minimum atomic E-state index is 0.0481. The molecule has 0 aliphatic carbocycles. The quantitative estimate of drug-likeness (QED) is 0.551. The Balaban J connectivity index is 1.35. The van der Waals surface area contributed by atoms with E-state index >= 15 is 0 Å². The maximum atomic E-state index is 12.7. The summed E-state index contributed by atoms with van der Waals surface area (Å²) in [6.07, 6.45) is 4.21. The first kappa shape index (κ1) is 21.1. The fourth-order valence-electron chi connectivity index (χ4n) is 3.70. The summed E-state index contributed by atoms with van der Waals surface area (Å²) < 4.78 is 9.83. The zero-order valence-electron chi connectivity index (χ0n) is 17.8. The smallest absolute Gasteiger partial charge is 0.246 e. The normalized spacial score (nSPS) is 16.6. The molecule has 2 aromatic carbocycles. The van der Waals surface area contributed by atoms with E-state index in [1.54, 1.807) is 13.2 Å². The zero-order valence-corrected chi connectivity index (χ0v) is 18.6. The fraction of sp³-hybridized carbons (Fsp3) is 0.292. The lowest BCUT2D eigenvalue weighted by Crippen LogP contribution is -2.53. The van der Waals surface area contributed by atoms with Crippen molar-refractivity contribution in [2.45, 2.75) is 19.4 Å². The van der Waals surface area contributed by atoms with Crippen LogP contribution in [0, 0.1) is 0 Å². The van der Waals surface area contributed by atoms with Gasteiger partial charge in [0.15, 0.2) is 0 Å². The summed E-state index contributed by atoms with van der Waals surface area (Å²) in [6.45, 7) is 4.25. The highest BCUT2D eigenvalue weighted by Crippen LogP contribution is 2.23. The highest BCUT2D eigenvalue weighted by molar-refractivity contribution is 7.09. The second-order valence-corrected chi connectivity index (χ2v) is 8.32. The molecule has 1 aliphatic rings. The average molecular weight is 435 g/mol. The Morgan fingerprint density at radius 3 is 2.81 bits per heavy atom. The van der Waals surface area contributed by atoms with E-state index in [0.717, 1.165) is 40.9 Å². The summed E-state index contributed by atoms with van der Waals surface area (Å²) in [5, 5.41) is 0.914. The van der Waals surface area contributed by atoms with Gasteiger partial charge in [0.05, 0.1) is 7.11 Å². The van der Waals surface area contributed by atoms with E-state index in [-0.39, 0.29) is 11.9 Å². The van der Waals surface area contributed by atoms with Gasteiger partial charge < -0.3 is 14.5 Å². The van der Waals surface area contributed by atoms with Gasteiger partial charge in [-0.15, -0.1) is 0 Å². The Hall–Kier alpha value is -3.19. The van der Waals surface area contributed by atoms with Crippen LogP contribution in [0.3, 0.4) is 0 Å². The number of hydrogen-bond acceptors (Lipinski definition) is 6. The molecular formula is C24H26N4O2S. The van der Waals surface area contributed by atoms with Gasteiger partial charge in [-0.2, -0.15) is 4.37 Å². The van der Waals surface area contributed by atoms with E-state index in [9.17, 15) is 4.79 Å². The lowest BCUT2D eigenvalue weighted by Gasteiger charge is -2.39. The van der Waals surface area contributed by atoms with Crippen molar-refractivity contribution < 1.29 is 9.53 Å². The summed E-state index contributed by atoms with van der Waals surface area (Å²) in [4.78, 5) is 21.6. The van der Waals surface area contributed by atoms with Gasteiger partial charge in [0.25, 0.3) is 0 Å². The van der Waals surface area contributed by atoms with Crippen LogP contribution in [0.4, 0.5) is 5.13 Å². The van der Waals surface area contributed by atoms with Crippen LogP contribution in [-0.2, 0) is 11.2 Å². The average Bonchev–Trinajstić information content (AvgIpc) is 3.26. The Morgan fingerprint density at radius 2 is 2.03 bits per heavy atom. The van der Waals surface area contributed by atoms with Crippen molar-refractivity contribution >= 4 is 28.6 Å². The van der Waals surface area contributed by atoms with Gasteiger partial charge in [-0.1, -0.05) is 42.5 Å². The molecule has 1 atom stereocenters. The number of hydrogen-bond donors (Lipinski definition) is 0. The Morgan fingerprint density at radius 1 is 1.19 bits per heavy atom. The summed E-state index contributed by atoms with van der Waals surface area (Å²) >= 11 is 1.42. The van der Waals surface area contributed by atoms with Crippen LogP contribution >= 0.6 is 11.5 Å². The molecule has 3 aromatic rings. The lowest BCUT2D eigenvalue weighted by atomic mass is 10.1. The van der Waals surface area contributed by atoms with Gasteiger partial charge in [-0.3, -0.25) is 4.79 Å². The van der Waals surface area contributed by atoms with Crippen molar-refractivity contribution in [3.8, 4) is 5.75 Å². The van der Waals surface area contributed by atoms with E-state index < -0.39 is 0 Å². The first-order valence-electron chi connectivity index (χ1n) is 10.4. The molecule has 0 bridgehead atoms. The Labute approximate surface area is 187 Å². The Bertz CT molecular complexity index is 1050. The number of rotatable bonds is 6. The predicted molar refractivity (Wildman–Crippen MR) is 125 cm³/mol. The topological polar surface area (TPSA) is 58.6 Å². The summed E-state index contributed by atoms with van der Waals surface area (Å²) in [5.41, 5.74) is 2.15. The van der Waals surface area contributed by atoms with Crippen LogP contribution in [0.1, 0.15) is 23.9 Å². The molecule has 1 aliphatic heterocycles. The van der Waals surface area contributed by atoms with Gasteiger partial charge in [0.2, 0.25) is 11.0 Å². The SMILES string of the molecule is COc1cccc(Cc2nsc(N3CCN(C(=O)C=Cc4ccccc4)C(C)C3)n2)c1. The van der Waals surface area contributed by atoms with Crippen LogP contribution in [0.15, 0.2) is 60.7 Å². The molecule has 6 nitrogen and oxygen atoms in total. The van der Waals surface area contributed by atoms with Crippen LogP contribution in [0.2, 0.25) is 0 Å². The van der Waals surface area contributed by atoms with Crippen molar-refractivity contribution in [1.29, 1.82) is 0 Å². The standard InChI is InChI=1S/C24H26N4O2S/c1-18-17-27(13-14-28(18)23(29)12-11-19-7-4-3-5-8-19)24-25-22(26-31-24)16-20-9-6-10-21(15-20)30-2/h3-12,15,18H,13-14,16-17H2,1-2H3. The number of piperazine rings is 1. The van der Waals surface area contributed by atoms with Crippen LogP contribution in [-0.4, -0.2) is 53.0 Å². The van der Waals surface area contributed by atoms with Crippen molar-refractivity contribution in [3.63, 3.8) is 0 Å². The molecule has 1 fully saturated rings. The third kappa shape index (κ3) is 5.30. The fourth-order valence-corrected chi connectivity index (χ4v) is 4.42. The molecule has 1 unspecified atom stereocenters. The number of amides is 1. The molecule has 1 saturated heterocycles. The minimum Gasteiger partial charge on any atom is -0.497 e. The van der Waals surface area contributed by atoms with E-state index in [4.69, 9.17) is 9.72 Å². The van der Waals surface area contributed by atoms with E-state index in [2.05, 4.69) is 22.3 Å². The third-order valence-electron chi connectivity index (χ3n) is 5.35. The number of carbonyl (C=O) groups excluding carboxylic acids is 1. The van der Waals surface area contributed by atoms with Crippen molar-refractivity contribution in [2.24, 2.45) is 0 Å². The second kappa shape index (κ2) is 9.75. The number of aromatic nitrogens is 2. The van der Waals surface area contributed by atoms with Gasteiger partial charge >= 0.3 is 0 Å². The molecule has 1 aromatic heterocycles. The van der Waals surface area contributed by atoms with Gasteiger partial charge in [0, 0.05) is 49.7 Å². The van der Waals surface area contributed by atoms with Crippen LogP contribution in [0.25, 0.3) is 6.08 Å². The maximum Gasteiger partial charge on any atom is 0.246 e. The monoisotopic (exact) mass is 434 g/mol. The van der Waals surface area contributed by atoms with Gasteiger partial charge in [-0.25, -0.2) is 4.98 Å².